The molecule has 0 aromatic carbocycles. The topological polar surface area (TPSA) is 60.9 Å². The van der Waals surface area contributed by atoms with Crippen LogP contribution in [-0.2, 0) is 10.2 Å². The summed E-state index contributed by atoms with van der Waals surface area (Å²) in [4.78, 5) is 0. The quantitative estimate of drug-likeness (QED) is 0.831. The first-order valence-corrected chi connectivity index (χ1v) is 8.86. The lowest BCUT2D eigenvalue weighted by Crippen LogP contribution is -2.53. The van der Waals surface area contributed by atoms with E-state index in [4.69, 9.17) is 0 Å². The summed E-state index contributed by atoms with van der Waals surface area (Å²) in [5, 5.41) is 9.20. The van der Waals surface area contributed by atoms with E-state index >= 15 is 0 Å². The zero-order valence-electron chi connectivity index (χ0n) is 11.8. The highest BCUT2D eigenvalue weighted by Crippen LogP contribution is 2.29. The molecule has 1 aliphatic carbocycles. The average Bonchev–Trinajstić information content (AvgIpc) is 2.89. The van der Waals surface area contributed by atoms with Crippen LogP contribution in [-0.4, -0.2) is 53.9 Å². The predicted octanol–water partition coefficient (Wildman–Crippen LogP) is 1.34. The van der Waals surface area contributed by atoms with Crippen LogP contribution in [0.2, 0.25) is 0 Å². The van der Waals surface area contributed by atoms with Gasteiger partial charge < -0.3 is 5.11 Å². The third-order valence-corrected chi connectivity index (χ3v) is 6.60. The predicted molar refractivity (Wildman–Crippen MR) is 75.0 cm³/mol. The van der Waals surface area contributed by atoms with E-state index in [-0.39, 0.29) is 25.2 Å². The van der Waals surface area contributed by atoms with Crippen LogP contribution in [0.3, 0.4) is 0 Å². The van der Waals surface area contributed by atoms with E-state index < -0.39 is 10.2 Å². The monoisotopic (exact) mass is 290 g/mol. The van der Waals surface area contributed by atoms with E-state index in [1.807, 2.05) is 6.92 Å². The molecular weight excluding hydrogens is 264 g/mol. The van der Waals surface area contributed by atoms with Crippen LogP contribution >= 0.6 is 0 Å². The Morgan fingerprint density at radius 3 is 2.37 bits per heavy atom. The molecule has 2 fully saturated rings. The smallest absolute Gasteiger partial charge is 0.282 e. The number of piperidine rings is 1. The van der Waals surface area contributed by atoms with Gasteiger partial charge in [0.1, 0.15) is 0 Å². The summed E-state index contributed by atoms with van der Waals surface area (Å²) >= 11 is 0. The van der Waals surface area contributed by atoms with Gasteiger partial charge in [0.15, 0.2) is 0 Å². The van der Waals surface area contributed by atoms with Gasteiger partial charge in [-0.1, -0.05) is 19.3 Å². The summed E-state index contributed by atoms with van der Waals surface area (Å²) in [6.07, 6.45) is 7.05. The first kappa shape index (κ1) is 15.2. The zero-order valence-corrected chi connectivity index (χ0v) is 12.6. The molecule has 5 nitrogen and oxygen atoms in total. The summed E-state index contributed by atoms with van der Waals surface area (Å²) in [6.45, 7) is 2.74. The lowest BCUT2D eigenvalue weighted by atomic mass is 10.1. The van der Waals surface area contributed by atoms with Gasteiger partial charge >= 0.3 is 0 Å². The number of rotatable bonds is 5. The van der Waals surface area contributed by atoms with Crippen LogP contribution in [0.5, 0.6) is 0 Å². The van der Waals surface area contributed by atoms with Crippen LogP contribution in [0.25, 0.3) is 0 Å². The van der Waals surface area contributed by atoms with Gasteiger partial charge in [0.05, 0.1) is 6.61 Å². The van der Waals surface area contributed by atoms with Gasteiger partial charge in [-0.3, -0.25) is 0 Å². The van der Waals surface area contributed by atoms with Crippen LogP contribution in [0, 0.1) is 0 Å². The van der Waals surface area contributed by atoms with E-state index in [9.17, 15) is 13.5 Å². The highest BCUT2D eigenvalue weighted by atomic mass is 32.2. The third kappa shape index (κ3) is 3.29. The van der Waals surface area contributed by atoms with E-state index in [1.54, 1.807) is 8.61 Å². The molecule has 2 rings (SSSR count). The van der Waals surface area contributed by atoms with Crippen LogP contribution < -0.4 is 0 Å². The largest absolute Gasteiger partial charge is 0.395 e. The number of aliphatic hydroxyl groups is 1. The van der Waals surface area contributed by atoms with Crippen molar-refractivity contribution in [3.05, 3.63) is 0 Å². The molecule has 2 aliphatic rings. The fraction of sp³-hybridized carbons (Fsp3) is 1.00. The van der Waals surface area contributed by atoms with E-state index in [0.29, 0.717) is 6.54 Å². The van der Waals surface area contributed by atoms with Gasteiger partial charge in [-0.15, -0.1) is 0 Å². The van der Waals surface area contributed by atoms with Crippen molar-refractivity contribution in [2.75, 3.05) is 19.7 Å². The van der Waals surface area contributed by atoms with Crippen molar-refractivity contribution in [2.45, 2.75) is 64.0 Å². The number of aliphatic hydroxyl groups excluding tert-OH is 1. The Labute approximate surface area is 116 Å². The van der Waals surface area contributed by atoms with Gasteiger partial charge in [-0.2, -0.15) is 17.0 Å². The minimum Gasteiger partial charge on any atom is -0.395 e. The molecule has 0 spiro atoms. The number of hydrogen-bond donors (Lipinski definition) is 1. The molecule has 1 saturated heterocycles. The molecule has 0 amide bonds. The molecule has 1 aliphatic heterocycles. The SMILES string of the molecule is CC1CCCCN1S(=O)(=O)N(CCO)C1CCCC1. The highest BCUT2D eigenvalue weighted by molar-refractivity contribution is 7.86. The minimum atomic E-state index is -3.41. The molecule has 0 bridgehead atoms. The summed E-state index contributed by atoms with van der Waals surface area (Å²) in [5.74, 6) is 0. The summed E-state index contributed by atoms with van der Waals surface area (Å²) in [5.41, 5.74) is 0. The minimum absolute atomic E-state index is 0.0846. The molecule has 1 N–H and O–H groups in total. The van der Waals surface area contributed by atoms with Gasteiger partial charge in [-0.25, -0.2) is 0 Å². The molecule has 1 unspecified atom stereocenters. The summed E-state index contributed by atoms with van der Waals surface area (Å²) in [7, 11) is -3.41. The summed E-state index contributed by atoms with van der Waals surface area (Å²) in [6, 6.07) is 0.174. The Kier molecular flexibility index (Phi) is 5.22. The summed E-state index contributed by atoms with van der Waals surface area (Å²) < 4.78 is 28.8. The maximum atomic E-state index is 12.8. The van der Waals surface area contributed by atoms with Gasteiger partial charge in [0, 0.05) is 25.2 Å². The van der Waals surface area contributed by atoms with E-state index in [2.05, 4.69) is 0 Å². The maximum absolute atomic E-state index is 12.8. The Morgan fingerprint density at radius 1 is 1.16 bits per heavy atom. The van der Waals surface area contributed by atoms with Crippen molar-refractivity contribution in [3.8, 4) is 0 Å². The molecule has 6 heteroatoms. The second kappa shape index (κ2) is 6.52. The van der Waals surface area contributed by atoms with Gasteiger partial charge in [-0.05, 0) is 32.6 Å². The second-order valence-electron chi connectivity index (χ2n) is 5.74. The van der Waals surface area contributed by atoms with Crippen molar-refractivity contribution in [1.29, 1.82) is 0 Å². The molecule has 1 heterocycles. The lowest BCUT2D eigenvalue weighted by Gasteiger charge is -2.38. The molecule has 0 aromatic rings. The fourth-order valence-corrected chi connectivity index (χ4v) is 5.42. The number of nitrogens with zero attached hydrogens (tertiary/aromatic N) is 2. The Bertz CT molecular complexity index is 379. The normalized spacial score (nSPS) is 27.2. The van der Waals surface area contributed by atoms with E-state index in [1.165, 1.54) is 0 Å². The highest BCUT2D eigenvalue weighted by Gasteiger charge is 2.38. The van der Waals surface area contributed by atoms with Crippen molar-refractivity contribution < 1.29 is 13.5 Å². The van der Waals surface area contributed by atoms with Crippen molar-refractivity contribution in [2.24, 2.45) is 0 Å². The number of hydrogen-bond acceptors (Lipinski definition) is 3. The first-order chi connectivity index (χ1) is 9.07. The Hall–Kier alpha value is -0.170. The molecule has 19 heavy (non-hydrogen) atoms. The maximum Gasteiger partial charge on any atom is 0.282 e. The first-order valence-electron chi connectivity index (χ1n) is 7.47. The molecular formula is C13H26N2O3S. The van der Waals surface area contributed by atoms with Crippen molar-refractivity contribution >= 4 is 10.2 Å². The molecule has 0 aromatic heterocycles. The van der Waals surface area contributed by atoms with Crippen LogP contribution in [0.1, 0.15) is 51.9 Å². The average molecular weight is 290 g/mol. The molecule has 0 radical (unpaired) electrons. The standard InChI is InChI=1S/C13H26N2O3S/c1-12-6-4-5-9-14(12)19(17,18)15(10-11-16)13-7-2-3-8-13/h12-13,16H,2-11H2,1H3. The fourth-order valence-electron chi connectivity index (χ4n) is 3.33. The van der Waals surface area contributed by atoms with Gasteiger partial charge in [0.2, 0.25) is 0 Å². The van der Waals surface area contributed by atoms with Crippen LogP contribution in [0.4, 0.5) is 0 Å². The molecule has 1 atom stereocenters. The van der Waals surface area contributed by atoms with E-state index in [0.717, 1.165) is 44.9 Å². The van der Waals surface area contributed by atoms with Crippen molar-refractivity contribution in [3.63, 3.8) is 0 Å². The Morgan fingerprint density at radius 2 is 1.79 bits per heavy atom. The van der Waals surface area contributed by atoms with Gasteiger partial charge in [0.25, 0.3) is 10.2 Å². The second-order valence-corrected chi connectivity index (χ2v) is 7.57. The van der Waals surface area contributed by atoms with Crippen molar-refractivity contribution in [1.82, 2.24) is 8.61 Å². The van der Waals surface area contributed by atoms with Crippen LogP contribution in [0.15, 0.2) is 0 Å². The Balaban J connectivity index is 2.17. The third-order valence-electron chi connectivity index (χ3n) is 4.39. The molecule has 112 valence electrons. The lowest BCUT2D eigenvalue weighted by molar-refractivity contribution is 0.196. The zero-order chi connectivity index (χ0) is 13.9. The molecule has 1 saturated carbocycles.